The molecular weight excluding hydrogens is 242 g/mol. The molecule has 4 N–H and O–H groups in total. The lowest BCUT2D eigenvalue weighted by Crippen LogP contribution is -2.12. The molecule has 0 radical (unpaired) electrons. The van der Waals surface area contributed by atoms with Crippen molar-refractivity contribution < 1.29 is 0 Å². The highest BCUT2D eigenvalue weighted by Gasteiger charge is 2.06. The number of nitrogens with two attached hydrogens (primary N) is 1. The maximum Gasteiger partial charge on any atom is 0.145 e. The lowest BCUT2D eigenvalue weighted by atomic mass is 10.2. The summed E-state index contributed by atoms with van der Waals surface area (Å²) in [5, 5.41) is 7.47. The highest BCUT2D eigenvalue weighted by Crippen LogP contribution is 2.13. The maximum absolute atomic E-state index is 5.40. The first-order chi connectivity index (χ1) is 9.13. The second-order valence-electron chi connectivity index (χ2n) is 4.28. The lowest BCUT2D eigenvalue weighted by molar-refractivity contribution is 0.738. The number of nitrogen functional groups attached to an aromatic ring is 1. The van der Waals surface area contributed by atoms with Crippen molar-refractivity contribution in [1.29, 1.82) is 0 Å². The van der Waals surface area contributed by atoms with Gasteiger partial charge in [-0.05, 0) is 6.92 Å². The molecule has 2 heterocycles. The van der Waals surface area contributed by atoms with Gasteiger partial charge >= 0.3 is 0 Å². The highest BCUT2D eigenvalue weighted by molar-refractivity contribution is 5.47. The number of rotatable bonds is 5. The van der Waals surface area contributed by atoms with Gasteiger partial charge < -0.3 is 10.7 Å². The molecule has 0 fully saturated rings. The van der Waals surface area contributed by atoms with Crippen LogP contribution in [0.15, 0.2) is 12.3 Å². The fraction of sp³-hybridized carbons (Fsp3) is 0.417. The number of hydrogen-bond donors (Lipinski definition) is 3. The molecule has 2 aromatic heterocycles. The largest absolute Gasteiger partial charge is 0.366 e. The summed E-state index contributed by atoms with van der Waals surface area (Å²) in [6.07, 6.45) is 2.61. The zero-order chi connectivity index (χ0) is 13.8. The molecular formula is C12H19N7. The number of nitrogens with zero attached hydrogens (tertiary/aromatic N) is 4. The van der Waals surface area contributed by atoms with Gasteiger partial charge in [0.25, 0.3) is 0 Å². The Labute approximate surface area is 112 Å². The second-order valence-corrected chi connectivity index (χ2v) is 4.28. The molecule has 0 atom stereocenters. The van der Waals surface area contributed by atoms with Gasteiger partial charge in [-0.3, -0.25) is 4.68 Å². The fourth-order valence-corrected chi connectivity index (χ4v) is 1.72. The van der Waals surface area contributed by atoms with E-state index in [1.165, 1.54) is 0 Å². The van der Waals surface area contributed by atoms with Crippen molar-refractivity contribution in [1.82, 2.24) is 19.7 Å². The van der Waals surface area contributed by atoms with Crippen molar-refractivity contribution >= 4 is 11.6 Å². The highest BCUT2D eigenvalue weighted by atomic mass is 15.3. The van der Waals surface area contributed by atoms with E-state index in [0.717, 1.165) is 29.3 Å². The van der Waals surface area contributed by atoms with E-state index in [2.05, 4.69) is 25.8 Å². The summed E-state index contributed by atoms with van der Waals surface area (Å²) in [6, 6.07) is 1.78. The van der Waals surface area contributed by atoms with Crippen molar-refractivity contribution in [3.05, 3.63) is 29.3 Å². The van der Waals surface area contributed by atoms with Crippen LogP contribution < -0.4 is 16.6 Å². The van der Waals surface area contributed by atoms with Gasteiger partial charge in [0.05, 0.1) is 6.20 Å². The Morgan fingerprint density at radius 2 is 2.05 bits per heavy atom. The number of aromatic nitrogens is 4. The Kier molecular flexibility index (Phi) is 3.96. The lowest BCUT2D eigenvalue weighted by Gasteiger charge is -2.09. The van der Waals surface area contributed by atoms with Crippen molar-refractivity contribution in [2.75, 3.05) is 10.7 Å². The van der Waals surface area contributed by atoms with Crippen LogP contribution in [0.5, 0.6) is 0 Å². The summed E-state index contributed by atoms with van der Waals surface area (Å²) in [5.74, 6) is 7.51. The van der Waals surface area contributed by atoms with Crippen molar-refractivity contribution in [2.45, 2.75) is 26.8 Å². The van der Waals surface area contributed by atoms with E-state index in [0.29, 0.717) is 12.4 Å². The molecule has 0 aromatic carbocycles. The van der Waals surface area contributed by atoms with Crippen LogP contribution in [-0.4, -0.2) is 19.7 Å². The molecule has 102 valence electrons. The van der Waals surface area contributed by atoms with E-state index in [9.17, 15) is 0 Å². The van der Waals surface area contributed by atoms with E-state index < -0.39 is 0 Å². The monoisotopic (exact) mass is 261 g/mol. The Bertz CT molecular complexity index is 539. The summed E-state index contributed by atoms with van der Waals surface area (Å²) >= 11 is 0. The SMILES string of the molecule is CCc1nc(NN)cc(NCc2cnn(C)c2C)n1. The standard InChI is InChI=1S/C12H19N7/c1-4-10-16-11(5-12(17-10)18-13)14-6-9-7-15-19(3)8(9)2/h5,7H,4,6,13H2,1-3H3,(H2,14,16,17,18). The molecule has 2 aromatic rings. The zero-order valence-electron chi connectivity index (χ0n) is 11.4. The molecule has 2 rings (SSSR count). The van der Waals surface area contributed by atoms with E-state index in [1.807, 2.05) is 31.8 Å². The Balaban J connectivity index is 2.12. The second kappa shape index (κ2) is 5.66. The molecule has 0 bridgehead atoms. The minimum atomic E-state index is 0.609. The van der Waals surface area contributed by atoms with Crippen molar-refractivity contribution in [3.8, 4) is 0 Å². The summed E-state index contributed by atoms with van der Waals surface area (Å²) < 4.78 is 1.85. The number of anilines is 2. The normalized spacial score (nSPS) is 10.5. The average Bonchev–Trinajstić information content (AvgIpc) is 2.76. The first-order valence-electron chi connectivity index (χ1n) is 6.20. The summed E-state index contributed by atoms with van der Waals surface area (Å²) in [5.41, 5.74) is 4.82. The topological polar surface area (TPSA) is 93.7 Å². The third-order valence-electron chi connectivity index (χ3n) is 3.03. The molecule has 0 aliphatic carbocycles. The van der Waals surface area contributed by atoms with Gasteiger partial charge in [0.2, 0.25) is 0 Å². The minimum absolute atomic E-state index is 0.609. The maximum atomic E-state index is 5.40. The van der Waals surface area contributed by atoms with Gasteiger partial charge in [0.1, 0.15) is 17.5 Å². The van der Waals surface area contributed by atoms with Gasteiger partial charge in [-0.2, -0.15) is 5.10 Å². The van der Waals surface area contributed by atoms with Crippen LogP contribution in [0.1, 0.15) is 24.0 Å². The van der Waals surface area contributed by atoms with Crippen LogP contribution in [0.25, 0.3) is 0 Å². The molecule has 0 saturated carbocycles. The van der Waals surface area contributed by atoms with Crippen LogP contribution in [0, 0.1) is 6.92 Å². The van der Waals surface area contributed by atoms with Crippen LogP contribution >= 0.6 is 0 Å². The summed E-state index contributed by atoms with van der Waals surface area (Å²) in [4.78, 5) is 8.65. The molecule has 19 heavy (non-hydrogen) atoms. The molecule has 7 heteroatoms. The predicted octanol–water partition coefficient (Wildman–Crippen LogP) is 0.979. The third-order valence-corrected chi connectivity index (χ3v) is 3.03. The molecule has 0 amide bonds. The predicted molar refractivity (Wildman–Crippen MR) is 74.5 cm³/mol. The number of aryl methyl sites for hydroxylation is 2. The zero-order valence-corrected chi connectivity index (χ0v) is 11.4. The third kappa shape index (κ3) is 3.00. The molecule has 0 aliphatic heterocycles. The number of hydrazine groups is 1. The van der Waals surface area contributed by atoms with Crippen molar-refractivity contribution in [3.63, 3.8) is 0 Å². The van der Waals surface area contributed by atoms with Crippen LogP contribution in [0.3, 0.4) is 0 Å². The quantitative estimate of drug-likeness (QED) is 0.548. The van der Waals surface area contributed by atoms with Gasteiger partial charge in [-0.1, -0.05) is 6.92 Å². The average molecular weight is 261 g/mol. The van der Waals surface area contributed by atoms with E-state index in [-0.39, 0.29) is 0 Å². The number of hydrogen-bond acceptors (Lipinski definition) is 6. The smallest absolute Gasteiger partial charge is 0.145 e. The van der Waals surface area contributed by atoms with Crippen molar-refractivity contribution in [2.24, 2.45) is 12.9 Å². The van der Waals surface area contributed by atoms with E-state index >= 15 is 0 Å². The first kappa shape index (κ1) is 13.3. The summed E-state index contributed by atoms with van der Waals surface area (Å²) in [7, 11) is 1.93. The Hall–Kier alpha value is -2.15. The van der Waals surface area contributed by atoms with E-state index in [4.69, 9.17) is 5.84 Å². The van der Waals surface area contributed by atoms with Gasteiger partial charge in [0.15, 0.2) is 0 Å². The number of nitrogens with one attached hydrogen (secondary N) is 2. The molecule has 7 nitrogen and oxygen atoms in total. The Morgan fingerprint density at radius 1 is 1.32 bits per heavy atom. The molecule has 0 unspecified atom stereocenters. The summed E-state index contributed by atoms with van der Waals surface area (Å²) in [6.45, 7) is 4.71. The molecule has 0 spiro atoms. The molecule has 0 aliphatic rings. The Morgan fingerprint density at radius 3 is 2.63 bits per heavy atom. The van der Waals surface area contributed by atoms with Gasteiger partial charge in [-0.25, -0.2) is 15.8 Å². The fourth-order valence-electron chi connectivity index (χ4n) is 1.72. The van der Waals surface area contributed by atoms with E-state index in [1.54, 1.807) is 6.07 Å². The van der Waals surface area contributed by atoms with Gasteiger partial charge in [0, 0.05) is 37.3 Å². The van der Waals surface area contributed by atoms with Crippen LogP contribution in [-0.2, 0) is 20.0 Å². The first-order valence-corrected chi connectivity index (χ1v) is 6.20. The molecule has 0 saturated heterocycles. The van der Waals surface area contributed by atoms with Crippen LogP contribution in [0.4, 0.5) is 11.6 Å². The van der Waals surface area contributed by atoms with Gasteiger partial charge in [-0.15, -0.1) is 0 Å². The minimum Gasteiger partial charge on any atom is -0.366 e. The van der Waals surface area contributed by atoms with Crippen LogP contribution in [0.2, 0.25) is 0 Å².